The van der Waals surface area contributed by atoms with E-state index in [0.29, 0.717) is 12.1 Å². The third kappa shape index (κ3) is 4.14. The molecule has 0 spiro atoms. The van der Waals surface area contributed by atoms with Crippen molar-refractivity contribution in [3.63, 3.8) is 0 Å². The molecule has 2 aromatic heterocycles. The second kappa shape index (κ2) is 8.19. The van der Waals surface area contributed by atoms with E-state index < -0.39 is 0 Å². The Kier molecular flexibility index (Phi) is 5.73. The molecular weight excluding hydrogens is 344 g/mol. The molecule has 0 aliphatic heterocycles. The van der Waals surface area contributed by atoms with Crippen LogP contribution in [0.2, 0.25) is 0 Å². The summed E-state index contributed by atoms with van der Waals surface area (Å²) < 4.78 is 0. The lowest BCUT2D eigenvalue weighted by Gasteiger charge is -2.09. The van der Waals surface area contributed by atoms with Crippen LogP contribution in [0.25, 0.3) is 11.3 Å². The predicted octanol–water partition coefficient (Wildman–Crippen LogP) is 3.96. The number of rotatable bonds is 6. The highest BCUT2D eigenvalue weighted by molar-refractivity contribution is 7.09. The van der Waals surface area contributed by atoms with Gasteiger partial charge in [-0.15, -0.1) is 11.3 Å². The highest BCUT2D eigenvalue weighted by Gasteiger charge is 2.11. The molecule has 1 aromatic carbocycles. The average molecular weight is 366 g/mol. The Hall–Kier alpha value is -2.60. The van der Waals surface area contributed by atoms with Crippen LogP contribution in [0, 0.1) is 6.92 Å². The smallest absolute Gasteiger partial charge is 0.251 e. The number of thiazole rings is 1. The van der Waals surface area contributed by atoms with Crippen molar-refractivity contribution in [2.24, 2.45) is 0 Å². The molecule has 0 saturated heterocycles. The van der Waals surface area contributed by atoms with Crippen molar-refractivity contribution >= 4 is 17.2 Å². The van der Waals surface area contributed by atoms with E-state index in [4.69, 9.17) is 0 Å². The van der Waals surface area contributed by atoms with Gasteiger partial charge in [-0.1, -0.05) is 26.0 Å². The Morgan fingerprint density at radius 3 is 2.77 bits per heavy atom. The Morgan fingerprint density at radius 1 is 1.19 bits per heavy atom. The Balaban J connectivity index is 1.78. The van der Waals surface area contributed by atoms with Crippen molar-refractivity contribution < 1.29 is 4.79 Å². The van der Waals surface area contributed by atoms with E-state index in [-0.39, 0.29) is 5.91 Å². The minimum Gasteiger partial charge on any atom is -0.346 e. The molecule has 0 fully saturated rings. The molecule has 0 aliphatic carbocycles. The summed E-state index contributed by atoms with van der Waals surface area (Å²) in [6, 6.07) is 7.57. The van der Waals surface area contributed by atoms with Crippen molar-refractivity contribution in [1.82, 2.24) is 20.3 Å². The third-order valence-corrected chi connectivity index (χ3v) is 5.14. The minimum atomic E-state index is -0.110. The number of hydrogen-bond donors (Lipinski definition) is 1. The number of nitrogens with zero attached hydrogens (tertiary/aromatic N) is 3. The van der Waals surface area contributed by atoms with Gasteiger partial charge in [0.1, 0.15) is 5.82 Å². The van der Waals surface area contributed by atoms with Gasteiger partial charge in [0.25, 0.3) is 5.91 Å². The largest absolute Gasteiger partial charge is 0.346 e. The van der Waals surface area contributed by atoms with Crippen LogP contribution < -0.4 is 5.32 Å². The number of aromatic nitrogens is 3. The molecule has 6 heteroatoms. The van der Waals surface area contributed by atoms with Crippen LogP contribution in [0.3, 0.4) is 0 Å². The number of hydrogen-bond acceptors (Lipinski definition) is 5. The maximum absolute atomic E-state index is 12.5. The van der Waals surface area contributed by atoms with Crippen LogP contribution in [0.5, 0.6) is 0 Å². The summed E-state index contributed by atoms with van der Waals surface area (Å²) in [7, 11) is 0. The highest BCUT2D eigenvalue weighted by Crippen LogP contribution is 2.23. The van der Waals surface area contributed by atoms with Gasteiger partial charge >= 0.3 is 0 Å². The van der Waals surface area contributed by atoms with Crippen molar-refractivity contribution in [2.45, 2.75) is 40.2 Å². The zero-order valence-corrected chi connectivity index (χ0v) is 16.1. The van der Waals surface area contributed by atoms with Gasteiger partial charge in [-0.3, -0.25) is 4.79 Å². The summed E-state index contributed by atoms with van der Waals surface area (Å²) in [5, 5.41) is 6.02. The maximum atomic E-state index is 12.5. The topological polar surface area (TPSA) is 67.8 Å². The molecule has 26 heavy (non-hydrogen) atoms. The molecule has 0 unspecified atom stereocenters. The molecular formula is C20H22N4OS. The lowest BCUT2D eigenvalue weighted by molar-refractivity contribution is 0.0950. The fourth-order valence-corrected chi connectivity index (χ4v) is 3.42. The number of carbonyl (C=O) groups excluding carboxylic acids is 1. The van der Waals surface area contributed by atoms with Crippen LogP contribution in [0.15, 0.2) is 35.8 Å². The van der Waals surface area contributed by atoms with Crippen molar-refractivity contribution in [1.29, 1.82) is 0 Å². The second-order valence-corrected chi connectivity index (χ2v) is 6.94. The van der Waals surface area contributed by atoms with E-state index in [1.165, 1.54) is 0 Å². The quantitative estimate of drug-likeness (QED) is 0.717. The fraction of sp³-hybridized carbons (Fsp3) is 0.300. The van der Waals surface area contributed by atoms with E-state index in [1.54, 1.807) is 11.3 Å². The van der Waals surface area contributed by atoms with Gasteiger partial charge in [-0.05, 0) is 37.5 Å². The number of aryl methyl sites for hydroxylation is 3. The number of carbonyl (C=O) groups is 1. The molecule has 5 nitrogen and oxygen atoms in total. The van der Waals surface area contributed by atoms with Crippen LogP contribution >= 0.6 is 11.3 Å². The van der Waals surface area contributed by atoms with Gasteiger partial charge < -0.3 is 5.32 Å². The van der Waals surface area contributed by atoms with Crippen molar-refractivity contribution in [3.05, 3.63) is 63.5 Å². The predicted molar refractivity (Wildman–Crippen MR) is 104 cm³/mol. The fourth-order valence-electron chi connectivity index (χ4n) is 2.68. The van der Waals surface area contributed by atoms with Crippen molar-refractivity contribution in [2.75, 3.05) is 0 Å². The monoisotopic (exact) mass is 366 g/mol. The second-order valence-electron chi connectivity index (χ2n) is 5.99. The van der Waals surface area contributed by atoms with Crippen LogP contribution in [-0.2, 0) is 19.4 Å². The first-order valence-corrected chi connectivity index (χ1v) is 9.63. The van der Waals surface area contributed by atoms with Crippen LogP contribution in [0.4, 0.5) is 0 Å². The zero-order chi connectivity index (χ0) is 18.5. The van der Waals surface area contributed by atoms with Crippen molar-refractivity contribution in [3.8, 4) is 11.3 Å². The SMILES string of the molecule is CCc1nc(CNC(=O)c2cccc(-c3nc(C)ncc3CC)c2)cs1. The van der Waals surface area contributed by atoms with Gasteiger partial charge in [0.05, 0.1) is 22.9 Å². The molecule has 134 valence electrons. The van der Waals surface area contributed by atoms with Gasteiger partial charge in [0, 0.05) is 22.7 Å². The molecule has 0 radical (unpaired) electrons. The standard InChI is InChI=1S/C20H22N4OS/c1-4-14-10-21-13(3)23-19(14)15-7-6-8-16(9-15)20(25)22-11-17-12-26-18(5-2)24-17/h6-10,12H,4-5,11H2,1-3H3,(H,22,25). The molecule has 1 amide bonds. The summed E-state index contributed by atoms with van der Waals surface area (Å²) in [6.07, 6.45) is 3.62. The average Bonchev–Trinajstić information content (AvgIpc) is 3.14. The number of benzene rings is 1. The zero-order valence-electron chi connectivity index (χ0n) is 15.2. The first kappa shape index (κ1) is 18.2. The van der Waals surface area contributed by atoms with Crippen LogP contribution in [-0.4, -0.2) is 20.9 Å². The van der Waals surface area contributed by atoms with E-state index in [9.17, 15) is 4.79 Å². The number of nitrogens with one attached hydrogen (secondary N) is 1. The van der Waals surface area contributed by atoms with Gasteiger partial charge in [-0.25, -0.2) is 15.0 Å². The van der Waals surface area contributed by atoms with E-state index in [1.807, 2.05) is 42.8 Å². The van der Waals surface area contributed by atoms with E-state index in [2.05, 4.69) is 34.1 Å². The molecule has 1 N–H and O–H groups in total. The molecule has 3 rings (SSSR count). The van der Waals surface area contributed by atoms with Gasteiger partial charge in [0.15, 0.2) is 0 Å². The molecule has 3 aromatic rings. The maximum Gasteiger partial charge on any atom is 0.251 e. The summed E-state index contributed by atoms with van der Waals surface area (Å²) >= 11 is 1.63. The summed E-state index contributed by atoms with van der Waals surface area (Å²) in [6.45, 7) is 6.46. The Bertz CT molecular complexity index is 920. The summed E-state index contributed by atoms with van der Waals surface area (Å²) in [4.78, 5) is 25.8. The summed E-state index contributed by atoms with van der Waals surface area (Å²) in [5.41, 5.74) is 4.41. The number of amides is 1. The molecule has 0 bridgehead atoms. The lowest BCUT2D eigenvalue weighted by atomic mass is 10.0. The lowest BCUT2D eigenvalue weighted by Crippen LogP contribution is -2.23. The summed E-state index contributed by atoms with van der Waals surface area (Å²) in [5.74, 6) is 0.615. The Morgan fingerprint density at radius 2 is 2.04 bits per heavy atom. The molecule has 0 atom stereocenters. The van der Waals surface area contributed by atoms with Gasteiger partial charge in [-0.2, -0.15) is 0 Å². The first-order valence-electron chi connectivity index (χ1n) is 8.75. The van der Waals surface area contributed by atoms with E-state index in [0.717, 1.165) is 46.2 Å². The van der Waals surface area contributed by atoms with E-state index >= 15 is 0 Å². The third-order valence-electron chi connectivity index (χ3n) is 4.10. The molecule has 0 aliphatic rings. The van der Waals surface area contributed by atoms with Gasteiger partial charge in [0.2, 0.25) is 0 Å². The molecule has 2 heterocycles. The van der Waals surface area contributed by atoms with Crippen LogP contribution in [0.1, 0.15) is 46.3 Å². The molecule has 0 saturated carbocycles. The Labute approximate surface area is 157 Å². The first-order chi connectivity index (χ1) is 12.6. The normalized spacial score (nSPS) is 10.7. The highest BCUT2D eigenvalue weighted by atomic mass is 32.1. The minimum absolute atomic E-state index is 0.110.